The van der Waals surface area contributed by atoms with Gasteiger partial charge in [0, 0.05) is 17.5 Å². The molecular weight excluding hydrogens is 314 g/mol. The molecule has 1 aromatic heterocycles. The van der Waals surface area contributed by atoms with Gasteiger partial charge in [-0.2, -0.15) is 0 Å². The van der Waals surface area contributed by atoms with Crippen LogP contribution in [0.3, 0.4) is 0 Å². The number of aliphatic hydroxyl groups is 1. The molecule has 0 saturated heterocycles. The van der Waals surface area contributed by atoms with Crippen LogP contribution in [0.2, 0.25) is 5.02 Å². The van der Waals surface area contributed by atoms with Crippen molar-refractivity contribution in [3.8, 4) is 5.69 Å². The first-order valence-corrected chi connectivity index (χ1v) is 7.18. The van der Waals surface area contributed by atoms with E-state index in [0.29, 0.717) is 5.02 Å². The fraction of sp³-hybridized carbons (Fsp3) is 0.286. The van der Waals surface area contributed by atoms with Gasteiger partial charge in [0.05, 0.1) is 21.3 Å². The number of halogens is 2. The standard InChI is InChI=1S/C14H13BrClNO/c15-14-10(16)3-1-5-12(14)17-8-7-9-11(17)4-2-6-13(9)18/h1,3,5,7-8,13,18H,2,4,6H2. The lowest BCUT2D eigenvalue weighted by Gasteiger charge is -2.20. The minimum absolute atomic E-state index is 0.326. The van der Waals surface area contributed by atoms with Crippen LogP contribution in [0.1, 0.15) is 30.2 Å². The highest BCUT2D eigenvalue weighted by Crippen LogP contribution is 2.35. The van der Waals surface area contributed by atoms with Crippen molar-refractivity contribution in [3.63, 3.8) is 0 Å². The SMILES string of the molecule is OC1CCCc2c1ccn2-c1cccc(Cl)c1Br. The number of fused-ring (bicyclic) bond motifs is 1. The maximum atomic E-state index is 9.99. The quantitative estimate of drug-likeness (QED) is 0.832. The van der Waals surface area contributed by atoms with E-state index in [-0.39, 0.29) is 6.10 Å². The summed E-state index contributed by atoms with van der Waals surface area (Å²) in [6, 6.07) is 7.83. The lowest BCUT2D eigenvalue weighted by Crippen LogP contribution is -2.11. The van der Waals surface area contributed by atoms with Gasteiger partial charge in [-0.05, 0) is 53.4 Å². The van der Waals surface area contributed by atoms with Crippen LogP contribution in [0.5, 0.6) is 0 Å². The molecule has 1 aliphatic carbocycles. The normalized spacial score (nSPS) is 18.7. The van der Waals surface area contributed by atoms with Gasteiger partial charge in [0.1, 0.15) is 0 Å². The summed E-state index contributed by atoms with van der Waals surface area (Å²) in [4.78, 5) is 0. The fourth-order valence-electron chi connectivity index (χ4n) is 2.57. The lowest BCUT2D eigenvalue weighted by molar-refractivity contribution is 0.156. The Kier molecular flexibility index (Phi) is 3.22. The van der Waals surface area contributed by atoms with Gasteiger partial charge in [-0.3, -0.25) is 0 Å². The lowest BCUT2D eigenvalue weighted by atomic mass is 9.95. The van der Waals surface area contributed by atoms with Crippen molar-refractivity contribution in [2.75, 3.05) is 0 Å². The van der Waals surface area contributed by atoms with Crippen molar-refractivity contribution in [2.45, 2.75) is 25.4 Å². The molecule has 1 atom stereocenters. The van der Waals surface area contributed by atoms with E-state index in [9.17, 15) is 5.11 Å². The van der Waals surface area contributed by atoms with Crippen molar-refractivity contribution in [2.24, 2.45) is 0 Å². The second kappa shape index (κ2) is 4.72. The molecule has 0 aliphatic heterocycles. The van der Waals surface area contributed by atoms with Gasteiger partial charge in [-0.15, -0.1) is 0 Å². The third kappa shape index (κ3) is 1.91. The van der Waals surface area contributed by atoms with E-state index in [0.717, 1.165) is 35.0 Å². The number of hydrogen-bond donors (Lipinski definition) is 1. The van der Waals surface area contributed by atoms with E-state index < -0.39 is 0 Å². The zero-order chi connectivity index (χ0) is 12.7. The van der Waals surface area contributed by atoms with Crippen molar-refractivity contribution >= 4 is 27.5 Å². The topological polar surface area (TPSA) is 25.2 Å². The van der Waals surface area contributed by atoms with E-state index in [4.69, 9.17) is 11.6 Å². The largest absolute Gasteiger partial charge is 0.388 e. The minimum atomic E-state index is -0.326. The predicted molar refractivity (Wildman–Crippen MR) is 76.4 cm³/mol. The summed E-state index contributed by atoms with van der Waals surface area (Å²) in [5, 5.41) is 10.7. The molecule has 0 radical (unpaired) electrons. The Morgan fingerprint density at radius 3 is 3.00 bits per heavy atom. The Hall–Kier alpha value is -0.770. The fourth-order valence-corrected chi connectivity index (χ4v) is 3.20. The van der Waals surface area contributed by atoms with E-state index in [1.165, 1.54) is 5.69 Å². The summed E-state index contributed by atoms with van der Waals surface area (Å²) < 4.78 is 3.01. The third-order valence-corrected chi connectivity index (χ3v) is 4.84. The molecular formula is C14H13BrClNO. The number of aliphatic hydroxyl groups excluding tert-OH is 1. The van der Waals surface area contributed by atoms with Gasteiger partial charge < -0.3 is 9.67 Å². The Balaban J connectivity index is 2.16. The van der Waals surface area contributed by atoms with Gasteiger partial charge in [0.25, 0.3) is 0 Å². The maximum absolute atomic E-state index is 9.99. The van der Waals surface area contributed by atoms with E-state index in [1.807, 2.05) is 30.5 Å². The number of nitrogens with zero attached hydrogens (tertiary/aromatic N) is 1. The van der Waals surface area contributed by atoms with Crippen LogP contribution in [0.25, 0.3) is 5.69 Å². The van der Waals surface area contributed by atoms with Crippen LogP contribution in [0.15, 0.2) is 34.9 Å². The van der Waals surface area contributed by atoms with Crippen LogP contribution in [0, 0.1) is 0 Å². The second-order valence-electron chi connectivity index (χ2n) is 4.57. The summed E-state index contributed by atoms with van der Waals surface area (Å²) in [6.07, 6.45) is 4.56. The first-order valence-electron chi connectivity index (χ1n) is 6.01. The Bertz CT molecular complexity index is 593. The highest BCUT2D eigenvalue weighted by atomic mass is 79.9. The van der Waals surface area contributed by atoms with Crippen LogP contribution in [-0.4, -0.2) is 9.67 Å². The molecule has 2 nitrogen and oxygen atoms in total. The summed E-state index contributed by atoms with van der Waals surface area (Å²) in [5.41, 5.74) is 3.27. The third-order valence-electron chi connectivity index (χ3n) is 3.47. The minimum Gasteiger partial charge on any atom is -0.388 e. The zero-order valence-electron chi connectivity index (χ0n) is 9.74. The highest BCUT2D eigenvalue weighted by molar-refractivity contribution is 9.10. The molecule has 2 aromatic rings. The molecule has 3 rings (SSSR count). The average molecular weight is 327 g/mol. The van der Waals surface area contributed by atoms with Gasteiger partial charge in [0.2, 0.25) is 0 Å². The van der Waals surface area contributed by atoms with Gasteiger partial charge in [-0.25, -0.2) is 0 Å². The summed E-state index contributed by atoms with van der Waals surface area (Å²) in [7, 11) is 0. The smallest absolute Gasteiger partial charge is 0.0807 e. The number of benzene rings is 1. The Labute approximate surface area is 119 Å². The number of rotatable bonds is 1. The molecule has 1 aliphatic rings. The maximum Gasteiger partial charge on any atom is 0.0807 e. The molecule has 0 saturated carbocycles. The Morgan fingerprint density at radius 2 is 2.17 bits per heavy atom. The molecule has 1 aromatic carbocycles. The second-order valence-corrected chi connectivity index (χ2v) is 5.77. The van der Waals surface area contributed by atoms with Crippen molar-refractivity contribution in [1.29, 1.82) is 0 Å². The zero-order valence-corrected chi connectivity index (χ0v) is 12.1. The molecule has 4 heteroatoms. The van der Waals surface area contributed by atoms with Crippen LogP contribution >= 0.6 is 27.5 Å². The first kappa shape index (κ1) is 12.3. The molecule has 0 amide bonds. The van der Waals surface area contributed by atoms with Crippen molar-refractivity contribution in [3.05, 3.63) is 51.2 Å². The molecule has 0 bridgehead atoms. The Morgan fingerprint density at radius 1 is 1.33 bits per heavy atom. The van der Waals surface area contributed by atoms with Crippen LogP contribution < -0.4 is 0 Å². The van der Waals surface area contributed by atoms with Gasteiger partial charge in [0.15, 0.2) is 0 Å². The molecule has 0 fully saturated rings. The molecule has 1 N–H and O–H groups in total. The van der Waals surface area contributed by atoms with E-state index >= 15 is 0 Å². The monoisotopic (exact) mass is 325 g/mol. The molecule has 1 unspecified atom stereocenters. The molecule has 18 heavy (non-hydrogen) atoms. The summed E-state index contributed by atoms with van der Waals surface area (Å²) in [6.45, 7) is 0. The molecule has 1 heterocycles. The average Bonchev–Trinajstić information content (AvgIpc) is 2.78. The summed E-state index contributed by atoms with van der Waals surface area (Å²) in [5.74, 6) is 0. The van der Waals surface area contributed by atoms with Crippen molar-refractivity contribution in [1.82, 2.24) is 4.57 Å². The number of hydrogen-bond acceptors (Lipinski definition) is 1. The van der Waals surface area contributed by atoms with Crippen LogP contribution in [0.4, 0.5) is 0 Å². The predicted octanol–water partition coefficient (Wildman–Crippen LogP) is 4.26. The number of aromatic nitrogens is 1. The van der Waals surface area contributed by atoms with Gasteiger partial charge in [-0.1, -0.05) is 17.7 Å². The molecule has 0 spiro atoms. The summed E-state index contributed by atoms with van der Waals surface area (Å²) >= 11 is 9.66. The van der Waals surface area contributed by atoms with E-state index in [1.54, 1.807) is 0 Å². The van der Waals surface area contributed by atoms with Crippen LogP contribution in [-0.2, 0) is 6.42 Å². The van der Waals surface area contributed by atoms with Crippen molar-refractivity contribution < 1.29 is 5.11 Å². The van der Waals surface area contributed by atoms with E-state index in [2.05, 4.69) is 20.5 Å². The van der Waals surface area contributed by atoms with Gasteiger partial charge >= 0.3 is 0 Å². The highest BCUT2D eigenvalue weighted by Gasteiger charge is 2.22. The first-order chi connectivity index (χ1) is 8.68. The molecule has 94 valence electrons.